The first kappa shape index (κ1) is 23.0. The third-order valence-electron chi connectivity index (χ3n) is 3.84. The van der Waals surface area contributed by atoms with Gasteiger partial charge in [-0.2, -0.15) is 0 Å². The number of unbranched alkanes of at least 4 members (excludes halogenated alkanes) is 2. The van der Waals surface area contributed by atoms with Gasteiger partial charge in [-0.3, -0.25) is 0 Å². The van der Waals surface area contributed by atoms with E-state index in [2.05, 4.69) is 18.8 Å². The van der Waals surface area contributed by atoms with Gasteiger partial charge in [0.25, 0.3) is 0 Å². The van der Waals surface area contributed by atoms with Crippen LogP contribution in [0.1, 0.15) is 56.9 Å². The summed E-state index contributed by atoms with van der Waals surface area (Å²) in [5, 5.41) is 0. The predicted molar refractivity (Wildman–Crippen MR) is 132 cm³/mol. The molecular formula is C19H25NO2S6. The summed E-state index contributed by atoms with van der Waals surface area (Å²) >= 11 is 11.3. The first-order valence-corrected chi connectivity index (χ1v) is 14.8. The molecule has 0 bridgehead atoms. The van der Waals surface area contributed by atoms with Crippen molar-refractivity contribution in [1.82, 2.24) is 4.98 Å². The maximum Gasteiger partial charge on any atom is 0.355 e. The molecule has 1 aromatic rings. The molecule has 154 valence electrons. The van der Waals surface area contributed by atoms with Gasteiger partial charge in [-0.15, -0.1) is 23.5 Å². The fourth-order valence-electron chi connectivity index (χ4n) is 2.37. The van der Waals surface area contributed by atoms with Crippen LogP contribution >= 0.6 is 70.6 Å². The molecule has 0 saturated carbocycles. The van der Waals surface area contributed by atoms with Crippen molar-refractivity contribution in [3.8, 4) is 0 Å². The van der Waals surface area contributed by atoms with E-state index >= 15 is 0 Å². The van der Waals surface area contributed by atoms with Crippen molar-refractivity contribution in [3.63, 3.8) is 0 Å². The van der Waals surface area contributed by atoms with Gasteiger partial charge in [0, 0.05) is 11.1 Å². The van der Waals surface area contributed by atoms with Crippen LogP contribution in [-0.4, -0.2) is 29.1 Å². The van der Waals surface area contributed by atoms with Crippen LogP contribution in [-0.2, 0) is 4.74 Å². The maximum atomic E-state index is 12.2. The van der Waals surface area contributed by atoms with Gasteiger partial charge in [0.1, 0.15) is 5.69 Å². The molecule has 0 spiro atoms. The standard InChI is InChI=1S/C19H25NO2S6/c1-4-7-9-23-16-17(24-10-8-5-2)28-19(27-16)18-25-12-11-20-13(14(12)26-18)15(21)22-6-3/h11,20H,4-10H2,1-3H3. The van der Waals surface area contributed by atoms with Crippen molar-refractivity contribution >= 4 is 76.5 Å². The highest BCUT2D eigenvalue weighted by atomic mass is 32.3. The molecule has 0 amide bonds. The summed E-state index contributed by atoms with van der Waals surface area (Å²) in [6, 6.07) is 0. The normalized spacial score (nSPS) is 16.2. The van der Waals surface area contributed by atoms with Crippen molar-refractivity contribution in [1.29, 1.82) is 0 Å². The molecule has 0 saturated heterocycles. The molecule has 0 atom stereocenters. The predicted octanol–water partition coefficient (Wildman–Crippen LogP) is 8.19. The van der Waals surface area contributed by atoms with E-state index < -0.39 is 0 Å². The lowest BCUT2D eigenvalue weighted by Gasteiger charge is -2.03. The van der Waals surface area contributed by atoms with Crippen molar-refractivity contribution in [2.24, 2.45) is 0 Å². The number of nitrogens with one attached hydrogen (secondary N) is 1. The van der Waals surface area contributed by atoms with E-state index in [1.54, 1.807) is 23.5 Å². The number of carbonyl (C=O) groups is 1. The Kier molecular flexibility index (Phi) is 9.57. The van der Waals surface area contributed by atoms with E-state index in [4.69, 9.17) is 4.74 Å². The summed E-state index contributed by atoms with van der Waals surface area (Å²) < 4.78 is 10.8. The zero-order chi connectivity index (χ0) is 19.9. The lowest BCUT2D eigenvalue weighted by Crippen LogP contribution is -2.05. The molecule has 0 aliphatic carbocycles. The number of thioether (sulfide) groups is 6. The molecule has 2 aliphatic heterocycles. The Labute approximate surface area is 193 Å². The summed E-state index contributed by atoms with van der Waals surface area (Å²) in [4.78, 5) is 17.4. The van der Waals surface area contributed by atoms with Crippen LogP contribution in [0.25, 0.3) is 0 Å². The summed E-state index contributed by atoms with van der Waals surface area (Å²) in [6.07, 6.45) is 6.93. The number of fused-ring (bicyclic) bond motifs is 1. The average Bonchev–Trinajstić information content (AvgIpc) is 3.36. The molecule has 0 aromatic carbocycles. The monoisotopic (exact) mass is 491 g/mol. The zero-order valence-corrected chi connectivity index (χ0v) is 21.2. The first-order valence-electron chi connectivity index (χ1n) is 9.51. The minimum absolute atomic E-state index is 0.264. The number of hydrogen-bond donors (Lipinski definition) is 1. The number of aromatic nitrogens is 1. The number of aromatic amines is 1. The molecule has 0 unspecified atom stereocenters. The second-order valence-corrected chi connectivity index (χ2v) is 13.4. The van der Waals surface area contributed by atoms with Gasteiger partial charge in [0.15, 0.2) is 0 Å². The van der Waals surface area contributed by atoms with E-state index in [-0.39, 0.29) is 5.97 Å². The van der Waals surface area contributed by atoms with Crippen LogP contribution in [0.5, 0.6) is 0 Å². The van der Waals surface area contributed by atoms with E-state index in [9.17, 15) is 4.79 Å². The van der Waals surface area contributed by atoms with Gasteiger partial charge in [-0.05, 0) is 31.3 Å². The molecule has 3 rings (SSSR count). The fourth-order valence-corrected chi connectivity index (χ4v) is 11.4. The van der Waals surface area contributed by atoms with E-state index in [1.807, 2.05) is 60.2 Å². The van der Waals surface area contributed by atoms with Crippen LogP contribution in [0.4, 0.5) is 0 Å². The zero-order valence-electron chi connectivity index (χ0n) is 16.3. The topological polar surface area (TPSA) is 42.1 Å². The van der Waals surface area contributed by atoms with Crippen molar-refractivity contribution in [2.75, 3.05) is 18.1 Å². The minimum atomic E-state index is -0.264. The van der Waals surface area contributed by atoms with E-state index in [0.717, 1.165) is 9.79 Å². The summed E-state index contributed by atoms with van der Waals surface area (Å²) in [5.74, 6) is 2.11. The van der Waals surface area contributed by atoms with Crippen LogP contribution in [0.3, 0.4) is 0 Å². The summed E-state index contributed by atoms with van der Waals surface area (Å²) in [6.45, 7) is 6.72. The summed E-state index contributed by atoms with van der Waals surface area (Å²) in [5.41, 5.74) is 0.584. The molecule has 1 N–H and O–H groups in total. The molecule has 0 fully saturated rings. The highest BCUT2D eigenvalue weighted by Gasteiger charge is 2.32. The van der Waals surface area contributed by atoms with Gasteiger partial charge in [-0.25, -0.2) is 4.79 Å². The molecular weight excluding hydrogens is 467 g/mol. The number of carbonyl (C=O) groups excluding carboxylic acids is 1. The largest absolute Gasteiger partial charge is 0.461 e. The minimum Gasteiger partial charge on any atom is -0.461 e. The summed E-state index contributed by atoms with van der Waals surface area (Å²) in [7, 11) is 0. The molecule has 2 aliphatic rings. The van der Waals surface area contributed by atoms with Crippen LogP contribution in [0.2, 0.25) is 0 Å². The van der Waals surface area contributed by atoms with Crippen LogP contribution < -0.4 is 0 Å². The smallest absolute Gasteiger partial charge is 0.355 e. The SMILES string of the molecule is CCCCSC1=C(SCCCC)SC(=C2Sc3c[nH]c(C(=O)OCC)c3S2)S1. The van der Waals surface area contributed by atoms with Crippen LogP contribution in [0, 0.1) is 0 Å². The average molecular weight is 492 g/mol. The van der Waals surface area contributed by atoms with Gasteiger partial charge in [-0.1, -0.05) is 73.7 Å². The lowest BCUT2D eigenvalue weighted by atomic mass is 10.4. The second-order valence-electron chi connectivity index (χ2n) is 6.04. The number of H-pyrrole nitrogens is 1. The van der Waals surface area contributed by atoms with Gasteiger partial charge in [0.05, 0.1) is 28.5 Å². The second kappa shape index (κ2) is 11.6. The molecule has 3 nitrogen and oxygen atoms in total. The van der Waals surface area contributed by atoms with Gasteiger partial charge < -0.3 is 9.72 Å². The number of ether oxygens (including phenoxy) is 1. The number of hydrogen-bond acceptors (Lipinski definition) is 8. The maximum absolute atomic E-state index is 12.2. The van der Waals surface area contributed by atoms with Crippen molar-refractivity contribution in [3.05, 3.63) is 28.8 Å². The van der Waals surface area contributed by atoms with Crippen LogP contribution in [0.15, 0.2) is 32.9 Å². The molecule has 9 heteroatoms. The Hall–Kier alpha value is 0.330. The Balaban J connectivity index is 1.71. The van der Waals surface area contributed by atoms with Gasteiger partial charge in [0.2, 0.25) is 0 Å². The Morgan fingerprint density at radius 2 is 1.57 bits per heavy atom. The molecule has 28 heavy (non-hydrogen) atoms. The highest BCUT2D eigenvalue weighted by Crippen LogP contribution is 2.64. The highest BCUT2D eigenvalue weighted by molar-refractivity contribution is 8.42. The van der Waals surface area contributed by atoms with Crippen molar-refractivity contribution in [2.45, 2.75) is 56.2 Å². The molecule has 0 radical (unpaired) electrons. The van der Waals surface area contributed by atoms with E-state index in [0.29, 0.717) is 12.3 Å². The Bertz CT molecular complexity index is 746. The van der Waals surface area contributed by atoms with Crippen molar-refractivity contribution < 1.29 is 9.53 Å². The quantitative estimate of drug-likeness (QED) is 0.259. The Morgan fingerprint density at radius 1 is 0.964 bits per heavy atom. The Morgan fingerprint density at radius 3 is 2.14 bits per heavy atom. The fraction of sp³-hybridized carbons (Fsp3) is 0.526. The number of esters is 1. The van der Waals surface area contributed by atoms with E-state index in [1.165, 1.54) is 54.1 Å². The third-order valence-corrected chi connectivity index (χ3v) is 12.6. The molecule has 1 aromatic heterocycles. The third kappa shape index (κ3) is 5.72. The number of rotatable bonds is 10. The molecule has 3 heterocycles. The first-order chi connectivity index (χ1) is 13.7. The lowest BCUT2D eigenvalue weighted by molar-refractivity contribution is 0.0516. The van der Waals surface area contributed by atoms with Gasteiger partial charge >= 0.3 is 5.97 Å².